The van der Waals surface area contributed by atoms with Crippen LogP contribution in [0.4, 0.5) is 0 Å². The van der Waals surface area contributed by atoms with E-state index in [1.54, 1.807) is 0 Å². The average Bonchev–Trinajstić information content (AvgIpc) is 3.95. The second kappa shape index (κ2) is 16.6. The van der Waals surface area contributed by atoms with Crippen LogP contribution >= 0.6 is 0 Å². The van der Waals surface area contributed by atoms with Gasteiger partial charge in [-0.15, -0.1) is 0 Å². The van der Waals surface area contributed by atoms with E-state index in [0.717, 1.165) is 17.9 Å². The molecule has 0 amide bonds. The molecule has 0 radical (unpaired) electrons. The highest BCUT2D eigenvalue weighted by atomic mass is 16.5. The van der Waals surface area contributed by atoms with Crippen molar-refractivity contribution >= 4 is 21.5 Å². The summed E-state index contributed by atoms with van der Waals surface area (Å²) in [5, 5.41) is 5.10. The average molecular weight is 839 g/mol. The summed E-state index contributed by atoms with van der Waals surface area (Å²) in [6.45, 7) is 8.73. The Morgan fingerprint density at radius 2 is 0.646 bits per heavy atom. The molecule has 10 aromatic carbocycles. The van der Waals surface area contributed by atoms with Crippen LogP contribution in [0.2, 0.25) is 0 Å². The molecule has 0 spiro atoms. The van der Waals surface area contributed by atoms with Gasteiger partial charge in [-0.1, -0.05) is 191 Å². The van der Waals surface area contributed by atoms with Crippen LogP contribution in [0, 0.1) is 0 Å². The molecule has 0 N–H and O–H groups in total. The van der Waals surface area contributed by atoms with Crippen LogP contribution in [0.15, 0.2) is 218 Å². The van der Waals surface area contributed by atoms with E-state index in [4.69, 9.17) is 4.74 Å². The molecule has 2 atom stereocenters. The van der Waals surface area contributed by atoms with Crippen molar-refractivity contribution in [3.63, 3.8) is 0 Å². The van der Waals surface area contributed by atoms with Crippen molar-refractivity contribution in [1.82, 2.24) is 0 Å². The zero-order valence-corrected chi connectivity index (χ0v) is 36.9. The summed E-state index contributed by atoms with van der Waals surface area (Å²) in [6.07, 6.45) is 1.10. The lowest BCUT2D eigenvalue weighted by Gasteiger charge is -2.29. The van der Waals surface area contributed by atoms with Crippen molar-refractivity contribution in [1.29, 1.82) is 0 Å². The molecule has 0 saturated heterocycles. The van der Waals surface area contributed by atoms with E-state index in [-0.39, 0.29) is 18.3 Å². The van der Waals surface area contributed by atoms with Crippen LogP contribution in [0.25, 0.3) is 54.9 Å². The third-order valence-corrected chi connectivity index (χ3v) is 14.2. The Morgan fingerprint density at radius 1 is 0.323 bits per heavy atom. The molecule has 10 aromatic rings. The van der Waals surface area contributed by atoms with E-state index in [1.807, 2.05) is 13.8 Å². The second-order valence-corrected chi connectivity index (χ2v) is 17.5. The van der Waals surface area contributed by atoms with Gasteiger partial charge in [-0.05, 0) is 168 Å². The number of hydrogen-bond acceptors (Lipinski definition) is 1. The summed E-state index contributed by atoms with van der Waals surface area (Å²) in [5.41, 5.74) is 18.5. The van der Waals surface area contributed by atoms with E-state index in [2.05, 4.69) is 232 Å². The Hall–Kier alpha value is -7.48. The highest BCUT2D eigenvalue weighted by Crippen LogP contribution is 2.55. The zero-order valence-electron chi connectivity index (χ0n) is 36.9. The lowest BCUT2D eigenvalue weighted by molar-refractivity contribution is 0.481. The molecule has 13 rings (SSSR count). The van der Waals surface area contributed by atoms with Gasteiger partial charge < -0.3 is 4.74 Å². The maximum atomic E-state index is 6.47. The predicted molar refractivity (Wildman–Crippen MR) is 276 cm³/mol. The van der Waals surface area contributed by atoms with Gasteiger partial charge in [-0.3, -0.25) is 0 Å². The van der Waals surface area contributed by atoms with Gasteiger partial charge in [-0.25, -0.2) is 0 Å². The number of fused-ring (bicyclic) bond motifs is 11. The fraction of sp³-hybridized carbons (Fsp3) is 0.125. The van der Waals surface area contributed by atoms with E-state index >= 15 is 0 Å². The Morgan fingerprint density at radius 3 is 1.05 bits per heavy atom. The minimum absolute atomic E-state index is 0. The Balaban J connectivity index is 0.000000264. The molecule has 0 saturated carbocycles. The molecular formula is C64H54O. The number of benzene rings is 10. The van der Waals surface area contributed by atoms with E-state index in [1.165, 1.54) is 99.4 Å². The Bertz CT molecular complexity index is 3150. The summed E-state index contributed by atoms with van der Waals surface area (Å²) in [5.74, 6) is 1.67. The quantitative estimate of drug-likeness (QED) is 0.172. The minimum atomic E-state index is -0.259. The first-order valence-electron chi connectivity index (χ1n) is 22.8. The van der Waals surface area contributed by atoms with Gasteiger partial charge in [0.25, 0.3) is 0 Å². The Labute approximate surface area is 384 Å². The van der Waals surface area contributed by atoms with Gasteiger partial charge >= 0.3 is 0 Å². The molecule has 3 aliphatic rings. The van der Waals surface area contributed by atoms with Gasteiger partial charge in [0.2, 0.25) is 0 Å². The summed E-state index contributed by atoms with van der Waals surface area (Å²) < 4.78 is 6.47. The standard InChI is InChI=1S/C48H34O.C13H10.C2H6.CH4/c1-47(43-17-9-7-15-39(43)41-27-31-11-3-5-13-33(31)29-45(41)47)35-19-23-37(24-20-35)49-38-25-21-36(22-26-38)48(2)44-18-10-8-16-40(44)42-28-32-12-4-6-14-34(32)30-46(42)48;1-3-7-12-10(5-1)9-11-6-2-4-8-13(11)12;1-2;/h3-30H,1-2H3;1-8H,9H2;1-2H3;1H4. The maximum absolute atomic E-state index is 6.47. The second-order valence-electron chi connectivity index (χ2n) is 17.5. The van der Waals surface area contributed by atoms with Crippen molar-refractivity contribution in [2.24, 2.45) is 0 Å². The first-order chi connectivity index (χ1) is 31.5. The van der Waals surface area contributed by atoms with E-state index < -0.39 is 0 Å². The van der Waals surface area contributed by atoms with Gasteiger partial charge in [0.15, 0.2) is 0 Å². The van der Waals surface area contributed by atoms with E-state index in [9.17, 15) is 0 Å². The largest absolute Gasteiger partial charge is 0.457 e. The third-order valence-electron chi connectivity index (χ3n) is 14.2. The smallest absolute Gasteiger partial charge is 0.127 e. The topological polar surface area (TPSA) is 9.23 Å². The fourth-order valence-corrected chi connectivity index (χ4v) is 10.9. The minimum Gasteiger partial charge on any atom is -0.457 e. The molecule has 0 fully saturated rings. The zero-order chi connectivity index (χ0) is 43.4. The van der Waals surface area contributed by atoms with Crippen LogP contribution in [0.3, 0.4) is 0 Å². The predicted octanol–water partition coefficient (Wildman–Crippen LogP) is 17.4. The van der Waals surface area contributed by atoms with Crippen molar-refractivity contribution in [2.75, 3.05) is 0 Å². The first kappa shape index (κ1) is 41.5. The summed E-state index contributed by atoms with van der Waals surface area (Å²) in [4.78, 5) is 0. The van der Waals surface area contributed by atoms with Gasteiger partial charge in [0.05, 0.1) is 0 Å². The molecule has 1 nitrogen and oxygen atoms in total. The van der Waals surface area contributed by atoms with Crippen LogP contribution in [-0.2, 0) is 17.3 Å². The molecule has 0 aliphatic heterocycles. The molecule has 2 unspecified atom stereocenters. The van der Waals surface area contributed by atoms with Crippen molar-refractivity contribution in [3.05, 3.63) is 263 Å². The molecule has 0 heterocycles. The third kappa shape index (κ3) is 6.69. The van der Waals surface area contributed by atoms with Gasteiger partial charge in [0.1, 0.15) is 11.5 Å². The summed E-state index contributed by atoms with van der Waals surface area (Å²) in [6, 6.07) is 79.3. The summed E-state index contributed by atoms with van der Waals surface area (Å²) >= 11 is 0. The lowest BCUT2D eigenvalue weighted by atomic mass is 9.74. The molecule has 1 heteroatoms. The van der Waals surface area contributed by atoms with Crippen molar-refractivity contribution in [2.45, 2.75) is 52.4 Å². The highest BCUT2D eigenvalue weighted by molar-refractivity contribution is 5.96. The fourth-order valence-electron chi connectivity index (χ4n) is 10.9. The Kier molecular flexibility index (Phi) is 10.6. The molecule has 316 valence electrons. The monoisotopic (exact) mass is 838 g/mol. The van der Waals surface area contributed by atoms with Crippen LogP contribution in [-0.4, -0.2) is 0 Å². The SMILES string of the molecule is C.CC.CC1(c2ccc(Oc3ccc(C4(C)c5ccccc5-c5cc6ccccc6cc54)cc3)cc2)c2ccccc2-c2cc3ccccc3cc21.c1ccc2c(c1)Cc1ccccc1-2. The normalized spacial score (nSPS) is 16.6. The van der Waals surface area contributed by atoms with Crippen molar-refractivity contribution < 1.29 is 4.74 Å². The van der Waals surface area contributed by atoms with Crippen LogP contribution in [0.1, 0.15) is 79.6 Å². The lowest BCUT2D eigenvalue weighted by Crippen LogP contribution is -2.22. The molecule has 0 bridgehead atoms. The number of ether oxygens (including phenoxy) is 1. The first-order valence-corrected chi connectivity index (χ1v) is 22.8. The molecule has 0 aromatic heterocycles. The summed E-state index contributed by atoms with van der Waals surface area (Å²) in [7, 11) is 0. The maximum Gasteiger partial charge on any atom is 0.127 e. The van der Waals surface area contributed by atoms with Crippen LogP contribution < -0.4 is 4.74 Å². The molecule has 65 heavy (non-hydrogen) atoms. The molecule has 3 aliphatic carbocycles. The van der Waals surface area contributed by atoms with Gasteiger partial charge in [-0.2, -0.15) is 0 Å². The highest BCUT2D eigenvalue weighted by Gasteiger charge is 2.42. The molecular weight excluding hydrogens is 785 g/mol. The van der Waals surface area contributed by atoms with Crippen LogP contribution in [0.5, 0.6) is 11.5 Å². The number of hydrogen-bond donors (Lipinski definition) is 0. The van der Waals surface area contributed by atoms with E-state index in [0.29, 0.717) is 0 Å². The van der Waals surface area contributed by atoms with Gasteiger partial charge in [0, 0.05) is 10.8 Å². The number of rotatable bonds is 4. The van der Waals surface area contributed by atoms with Crippen molar-refractivity contribution in [3.8, 4) is 44.9 Å².